The van der Waals surface area contributed by atoms with Gasteiger partial charge in [0, 0.05) is 0 Å². The fourth-order valence-electron chi connectivity index (χ4n) is 3.27. The van der Waals surface area contributed by atoms with Crippen LogP contribution in [0.3, 0.4) is 0 Å². The number of para-hydroxylation sites is 2. The van der Waals surface area contributed by atoms with Gasteiger partial charge in [-0.25, -0.2) is 0 Å². The number of nitrogens with zero attached hydrogens (tertiary/aromatic N) is 2. The third-order valence-corrected chi connectivity index (χ3v) is 4.74. The number of carbonyl (C=O) groups is 1. The molecule has 1 heterocycles. The van der Waals surface area contributed by atoms with Gasteiger partial charge in [0.15, 0.2) is 0 Å². The van der Waals surface area contributed by atoms with Crippen LogP contribution in [-0.4, -0.2) is 11.6 Å². The Morgan fingerprint density at radius 3 is 2.38 bits per heavy atom. The zero-order valence-corrected chi connectivity index (χ0v) is 14.7. The predicted molar refractivity (Wildman–Crippen MR) is 106 cm³/mol. The minimum atomic E-state index is 0.0702. The van der Waals surface area contributed by atoms with Crippen LogP contribution >= 0.6 is 0 Å². The Kier molecular flexibility index (Phi) is 4.36. The van der Waals surface area contributed by atoms with Gasteiger partial charge in [-0.15, -0.1) is 0 Å². The van der Waals surface area contributed by atoms with Gasteiger partial charge in [-0.2, -0.15) is 0 Å². The number of hydrogen-bond acceptors (Lipinski definition) is 2. The number of carbonyl (C=O) groups excluding carboxylic acids is 1. The van der Waals surface area contributed by atoms with Crippen LogP contribution < -0.4 is 4.90 Å². The average Bonchev–Trinajstić information content (AvgIpc) is 2.81. The van der Waals surface area contributed by atoms with Gasteiger partial charge < -0.3 is 4.90 Å². The van der Waals surface area contributed by atoms with E-state index in [9.17, 15) is 4.79 Å². The normalized spacial score (nSPS) is 13.8. The van der Waals surface area contributed by atoms with E-state index >= 15 is 0 Å². The Morgan fingerprint density at radius 1 is 0.885 bits per heavy atom. The van der Waals surface area contributed by atoms with Crippen LogP contribution in [0.5, 0.6) is 0 Å². The zero-order chi connectivity index (χ0) is 17.9. The molecule has 26 heavy (non-hydrogen) atoms. The third kappa shape index (κ3) is 3.16. The number of anilines is 1. The molecule has 0 radical (unpaired) electrons. The van der Waals surface area contributed by atoms with Gasteiger partial charge in [0.05, 0.1) is 30.1 Å². The average molecular weight is 340 g/mol. The second-order valence-electron chi connectivity index (χ2n) is 6.50. The second-order valence-corrected chi connectivity index (χ2v) is 6.50. The van der Waals surface area contributed by atoms with Gasteiger partial charge in [-0.1, -0.05) is 66.7 Å². The highest BCUT2D eigenvalue weighted by Crippen LogP contribution is 2.34. The number of amides is 1. The van der Waals surface area contributed by atoms with E-state index in [1.165, 1.54) is 5.56 Å². The predicted octanol–water partition coefficient (Wildman–Crippen LogP) is 5.05. The molecule has 0 saturated carbocycles. The van der Waals surface area contributed by atoms with Crippen molar-refractivity contribution in [2.75, 3.05) is 4.90 Å². The largest absolute Gasteiger partial charge is 0.306 e. The molecular formula is C23H20N2O. The van der Waals surface area contributed by atoms with Crippen molar-refractivity contribution in [2.45, 2.75) is 19.9 Å². The van der Waals surface area contributed by atoms with Crippen LogP contribution in [0.4, 0.5) is 11.4 Å². The number of rotatable bonds is 3. The molecule has 0 atom stereocenters. The summed E-state index contributed by atoms with van der Waals surface area (Å²) in [6.45, 7) is 2.63. The van der Waals surface area contributed by atoms with Gasteiger partial charge in [-0.3, -0.25) is 9.79 Å². The summed E-state index contributed by atoms with van der Waals surface area (Å²) in [4.78, 5) is 19.8. The Balaban J connectivity index is 1.76. The lowest BCUT2D eigenvalue weighted by Crippen LogP contribution is -2.31. The molecule has 1 aliphatic rings. The molecule has 0 aliphatic carbocycles. The standard InChI is InChI=1S/C23H20N2O/c1-17-9-5-6-12-19(17)16-25-22-14-8-7-13-20(22)24-21(15-23(25)26)18-10-3-2-4-11-18/h2-14H,15-16H2,1H3. The molecule has 1 aliphatic heterocycles. The maximum atomic E-state index is 13.1. The molecule has 3 nitrogen and oxygen atoms in total. The monoisotopic (exact) mass is 340 g/mol. The van der Waals surface area contributed by atoms with E-state index < -0.39 is 0 Å². The number of hydrogen-bond donors (Lipinski definition) is 0. The van der Waals surface area contributed by atoms with E-state index in [1.54, 1.807) is 0 Å². The molecule has 3 aromatic rings. The second kappa shape index (κ2) is 6.96. The van der Waals surface area contributed by atoms with Crippen molar-refractivity contribution < 1.29 is 4.79 Å². The number of benzene rings is 3. The van der Waals surface area contributed by atoms with Gasteiger partial charge in [0.2, 0.25) is 5.91 Å². The molecule has 0 fully saturated rings. The molecule has 0 N–H and O–H groups in total. The minimum Gasteiger partial charge on any atom is -0.306 e. The van der Waals surface area contributed by atoms with Gasteiger partial charge >= 0.3 is 0 Å². The first kappa shape index (κ1) is 16.3. The molecule has 0 saturated heterocycles. The Hall–Kier alpha value is -3.20. The van der Waals surface area contributed by atoms with Gasteiger partial charge in [0.25, 0.3) is 0 Å². The van der Waals surface area contributed by atoms with E-state index in [0.717, 1.165) is 28.2 Å². The SMILES string of the molecule is Cc1ccccc1CN1C(=O)CC(c2ccccc2)=Nc2ccccc21. The fraction of sp³-hybridized carbons (Fsp3) is 0.130. The van der Waals surface area contributed by atoms with Crippen molar-refractivity contribution in [2.24, 2.45) is 4.99 Å². The molecular weight excluding hydrogens is 320 g/mol. The van der Waals surface area contributed by atoms with E-state index in [1.807, 2.05) is 71.6 Å². The number of aliphatic imine (C=N–C) groups is 1. The van der Waals surface area contributed by atoms with Crippen molar-refractivity contribution in [3.8, 4) is 0 Å². The zero-order valence-electron chi connectivity index (χ0n) is 14.7. The lowest BCUT2D eigenvalue weighted by Gasteiger charge is -2.23. The lowest BCUT2D eigenvalue weighted by molar-refractivity contribution is -0.117. The van der Waals surface area contributed by atoms with Crippen molar-refractivity contribution in [1.29, 1.82) is 0 Å². The minimum absolute atomic E-state index is 0.0702. The van der Waals surface area contributed by atoms with E-state index in [4.69, 9.17) is 4.99 Å². The highest BCUT2D eigenvalue weighted by Gasteiger charge is 2.25. The summed E-state index contributed by atoms with van der Waals surface area (Å²) in [6.07, 6.45) is 0.296. The summed E-state index contributed by atoms with van der Waals surface area (Å²) in [5.41, 5.74) is 5.85. The van der Waals surface area contributed by atoms with Gasteiger partial charge in [0.1, 0.15) is 0 Å². The summed E-state index contributed by atoms with van der Waals surface area (Å²) in [5.74, 6) is 0.0702. The van der Waals surface area contributed by atoms with E-state index in [2.05, 4.69) is 19.1 Å². The molecule has 128 valence electrons. The smallest absolute Gasteiger partial charge is 0.233 e. The van der Waals surface area contributed by atoms with Crippen LogP contribution in [-0.2, 0) is 11.3 Å². The topological polar surface area (TPSA) is 32.7 Å². The van der Waals surface area contributed by atoms with Crippen LogP contribution in [0.25, 0.3) is 0 Å². The van der Waals surface area contributed by atoms with Crippen molar-refractivity contribution >= 4 is 23.0 Å². The van der Waals surface area contributed by atoms with Crippen LogP contribution in [0.2, 0.25) is 0 Å². The first-order valence-electron chi connectivity index (χ1n) is 8.79. The summed E-state index contributed by atoms with van der Waals surface area (Å²) < 4.78 is 0. The maximum absolute atomic E-state index is 13.1. The third-order valence-electron chi connectivity index (χ3n) is 4.74. The first-order chi connectivity index (χ1) is 12.7. The van der Waals surface area contributed by atoms with E-state index in [0.29, 0.717) is 13.0 Å². The summed E-state index contributed by atoms with van der Waals surface area (Å²) in [5, 5.41) is 0. The first-order valence-corrected chi connectivity index (χ1v) is 8.79. The Bertz CT molecular complexity index is 976. The van der Waals surface area contributed by atoms with Crippen molar-refractivity contribution in [3.63, 3.8) is 0 Å². The van der Waals surface area contributed by atoms with Crippen molar-refractivity contribution in [1.82, 2.24) is 0 Å². The van der Waals surface area contributed by atoms with Gasteiger partial charge in [-0.05, 0) is 35.7 Å². The van der Waals surface area contributed by atoms with Crippen LogP contribution in [0.1, 0.15) is 23.1 Å². The number of aryl methyl sites for hydroxylation is 1. The maximum Gasteiger partial charge on any atom is 0.233 e. The summed E-state index contributed by atoms with van der Waals surface area (Å²) in [7, 11) is 0. The summed E-state index contributed by atoms with van der Waals surface area (Å²) >= 11 is 0. The quantitative estimate of drug-likeness (QED) is 0.656. The Labute approximate surface area is 153 Å². The molecule has 0 unspecified atom stereocenters. The van der Waals surface area contributed by atoms with E-state index in [-0.39, 0.29) is 5.91 Å². The van der Waals surface area contributed by atoms with Crippen LogP contribution in [0.15, 0.2) is 83.9 Å². The Morgan fingerprint density at radius 2 is 1.58 bits per heavy atom. The lowest BCUT2D eigenvalue weighted by atomic mass is 10.1. The van der Waals surface area contributed by atoms with Crippen LogP contribution in [0, 0.1) is 6.92 Å². The molecule has 0 aromatic heterocycles. The highest BCUT2D eigenvalue weighted by atomic mass is 16.2. The molecule has 4 rings (SSSR count). The summed E-state index contributed by atoms with van der Waals surface area (Å²) in [6, 6.07) is 26.0. The molecule has 1 amide bonds. The highest BCUT2D eigenvalue weighted by molar-refractivity contribution is 6.17. The van der Waals surface area contributed by atoms with Crippen molar-refractivity contribution in [3.05, 3.63) is 95.6 Å². The molecule has 3 aromatic carbocycles. The molecule has 0 bridgehead atoms. The molecule has 3 heteroatoms. The molecule has 0 spiro atoms. The fourth-order valence-corrected chi connectivity index (χ4v) is 3.27. The number of fused-ring (bicyclic) bond motifs is 1.